The van der Waals surface area contributed by atoms with Gasteiger partial charge in [0, 0.05) is 29.8 Å². The molecule has 1 aromatic heterocycles. The van der Waals surface area contributed by atoms with Crippen molar-refractivity contribution in [1.29, 1.82) is 5.26 Å². The molecule has 3 rings (SSSR count). The van der Waals surface area contributed by atoms with Crippen molar-refractivity contribution in [3.63, 3.8) is 0 Å². The van der Waals surface area contributed by atoms with Gasteiger partial charge in [0.05, 0.1) is 6.61 Å². The van der Waals surface area contributed by atoms with E-state index >= 15 is 0 Å². The molecule has 8 heteroatoms. The largest absolute Gasteiger partial charge is 0.450 e. The lowest BCUT2D eigenvalue weighted by Gasteiger charge is -2.43. The summed E-state index contributed by atoms with van der Waals surface area (Å²) in [7, 11) is 0. The molecule has 140 valence electrons. The average molecular weight is 359 g/mol. The lowest BCUT2D eigenvalue weighted by Crippen LogP contribution is -2.48. The molecule has 0 radical (unpaired) electrons. The molecule has 1 saturated heterocycles. The van der Waals surface area contributed by atoms with E-state index in [1.54, 1.807) is 11.8 Å². The zero-order valence-corrected chi connectivity index (χ0v) is 15.3. The lowest BCUT2D eigenvalue weighted by molar-refractivity contribution is 0.0892. The number of nitriles is 1. The average Bonchev–Trinajstić information content (AvgIpc) is 3.04. The van der Waals surface area contributed by atoms with Crippen molar-refractivity contribution in [2.75, 3.05) is 19.7 Å². The number of rotatable bonds is 4. The van der Waals surface area contributed by atoms with Crippen molar-refractivity contribution in [2.45, 2.75) is 51.4 Å². The van der Waals surface area contributed by atoms with Crippen LogP contribution in [-0.2, 0) is 16.6 Å². The number of ether oxygens (including phenoxy) is 2. The Morgan fingerprint density at radius 3 is 2.81 bits per heavy atom. The summed E-state index contributed by atoms with van der Waals surface area (Å²) in [6.07, 6.45) is 3.77. The number of likely N-dealkylation sites (tertiary alicyclic amines) is 1. The number of aryl methyl sites for hydroxylation is 1. The van der Waals surface area contributed by atoms with Crippen LogP contribution in [0.15, 0.2) is 11.5 Å². The molecule has 0 atom stereocenters. The third kappa shape index (κ3) is 2.87. The van der Waals surface area contributed by atoms with Crippen LogP contribution in [0.4, 0.5) is 4.79 Å². The van der Waals surface area contributed by atoms with Gasteiger partial charge in [-0.1, -0.05) is 13.3 Å². The van der Waals surface area contributed by atoms with Gasteiger partial charge in [-0.05, 0) is 32.6 Å². The quantitative estimate of drug-likeness (QED) is 0.852. The molecule has 0 saturated carbocycles. The van der Waals surface area contributed by atoms with Crippen LogP contribution in [0, 0.1) is 11.3 Å². The number of piperidine rings is 1. The lowest BCUT2D eigenvalue weighted by atomic mass is 9.66. The summed E-state index contributed by atoms with van der Waals surface area (Å²) in [4.78, 5) is 13.7. The van der Waals surface area contributed by atoms with Gasteiger partial charge in [0.2, 0.25) is 11.8 Å². The maximum absolute atomic E-state index is 12.0. The molecule has 2 aliphatic heterocycles. The second-order valence-corrected chi connectivity index (χ2v) is 6.71. The van der Waals surface area contributed by atoms with Gasteiger partial charge in [-0.3, -0.25) is 5.10 Å². The van der Waals surface area contributed by atoms with Crippen LogP contribution >= 0.6 is 0 Å². The number of fused-ring (bicyclic) bond motifs is 2. The normalized spacial score (nSPS) is 18.3. The van der Waals surface area contributed by atoms with Crippen molar-refractivity contribution in [3.05, 3.63) is 22.7 Å². The Hall–Kier alpha value is -2.69. The van der Waals surface area contributed by atoms with E-state index in [9.17, 15) is 10.1 Å². The van der Waals surface area contributed by atoms with Crippen molar-refractivity contribution < 1.29 is 14.3 Å². The van der Waals surface area contributed by atoms with Gasteiger partial charge in [-0.25, -0.2) is 4.79 Å². The van der Waals surface area contributed by atoms with Crippen molar-refractivity contribution in [1.82, 2.24) is 15.1 Å². The number of aromatic nitrogens is 2. The van der Waals surface area contributed by atoms with Crippen molar-refractivity contribution in [2.24, 2.45) is 5.73 Å². The number of unbranched alkanes of at least 4 members (excludes halogenated alkanes) is 1. The molecule has 1 aromatic rings. The molecule has 0 aliphatic carbocycles. The molecular formula is C18H25N5O3. The fourth-order valence-corrected chi connectivity index (χ4v) is 3.92. The SMILES string of the molecule is CCCCc1[nH]nc2c1C1(CCN(C(=O)OCC)CC1)C(C#N)=C(N)O2. The van der Waals surface area contributed by atoms with Gasteiger partial charge in [0.1, 0.15) is 11.6 Å². The third-order valence-corrected chi connectivity index (χ3v) is 5.25. The first kappa shape index (κ1) is 18.1. The maximum atomic E-state index is 12.0. The summed E-state index contributed by atoms with van der Waals surface area (Å²) >= 11 is 0. The number of carbonyl (C=O) groups excluding carboxylic acids is 1. The number of nitrogens with one attached hydrogen (secondary N) is 1. The number of H-pyrrole nitrogens is 1. The molecule has 0 unspecified atom stereocenters. The van der Waals surface area contributed by atoms with E-state index in [-0.39, 0.29) is 12.0 Å². The van der Waals surface area contributed by atoms with Crippen LogP contribution in [0.1, 0.15) is 50.8 Å². The van der Waals surface area contributed by atoms with E-state index < -0.39 is 5.41 Å². The molecule has 8 nitrogen and oxygen atoms in total. The fraction of sp³-hybridized carbons (Fsp3) is 0.611. The van der Waals surface area contributed by atoms with Gasteiger partial charge >= 0.3 is 6.09 Å². The van der Waals surface area contributed by atoms with E-state index in [0.29, 0.717) is 44.0 Å². The highest BCUT2D eigenvalue weighted by Crippen LogP contribution is 2.50. The van der Waals surface area contributed by atoms with Gasteiger partial charge < -0.3 is 20.1 Å². The summed E-state index contributed by atoms with van der Waals surface area (Å²) in [6.45, 7) is 5.25. The number of allylic oxidation sites excluding steroid dienone is 1. The predicted octanol–water partition coefficient (Wildman–Crippen LogP) is 2.33. The van der Waals surface area contributed by atoms with Crippen LogP contribution in [0.2, 0.25) is 0 Å². The van der Waals surface area contributed by atoms with E-state index in [1.165, 1.54) is 0 Å². The molecule has 26 heavy (non-hydrogen) atoms. The van der Waals surface area contributed by atoms with Crippen LogP contribution in [0.3, 0.4) is 0 Å². The molecular weight excluding hydrogens is 334 g/mol. The minimum Gasteiger partial charge on any atom is -0.450 e. The molecule has 1 fully saturated rings. The monoisotopic (exact) mass is 359 g/mol. The number of hydrogen-bond donors (Lipinski definition) is 2. The standard InChI is InChI=1S/C18H25N5O3/c1-3-5-6-13-14-16(22-21-13)26-15(20)12(11-19)18(14)7-9-23(10-8-18)17(24)25-4-2/h3-10,20H2,1-2H3,(H,21,22). The van der Waals surface area contributed by atoms with Crippen molar-refractivity contribution in [3.8, 4) is 11.9 Å². The minimum absolute atomic E-state index is 0.109. The molecule has 3 heterocycles. The zero-order chi connectivity index (χ0) is 18.7. The van der Waals surface area contributed by atoms with E-state index in [2.05, 4.69) is 23.2 Å². The minimum atomic E-state index is -0.564. The summed E-state index contributed by atoms with van der Waals surface area (Å²) in [5.74, 6) is 0.565. The second-order valence-electron chi connectivity index (χ2n) is 6.71. The number of nitrogens with two attached hydrogens (primary N) is 1. The highest BCUT2D eigenvalue weighted by Gasteiger charge is 2.49. The first-order chi connectivity index (χ1) is 12.6. The van der Waals surface area contributed by atoms with Gasteiger partial charge in [0.15, 0.2) is 0 Å². The van der Waals surface area contributed by atoms with Crippen molar-refractivity contribution >= 4 is 6.09 Å². The summed E-state index contributed by atoms with van der Waals surface area (Å²) in [5, 5.41) is 17.1. The number of nitrogens with zero attached hydrogens (tertiary/aromatic N) is 3. The molecule has 1 spiro atoms. The number of amides is 1. The molecule has 0 bridgehead atoms. The topological polar surface area (TPSA) is 117 Å². The van der Waals surface area contributed by atoms with E-state index in [1.807, 2.05) is 0 Å². The Labute approximate surface area is 152 Å². The maximum Gasteiger partial charge on any atom is 0.409 e. The smallest absolute Gasteiger partial charge is 0.409 e. The van der Waals surface area contributed by atoms with E-state index in [0.717, 1.165) is 30.5 Å². The van der Waals surface area contributed by atoms with Gasteiger partial charge in [-0.15, -0.1) is 5.10 Å². The summed E-state index contributed by atoms with van der Waals surface area (Å²) in [6, 6.07) is 2.25. The summed E-state index contributed by atoms with van der Waals surface area (Å²) in [5.41, 5.74) is 7.83. The Balaban J connectivity index is 1.96. The molecule has 2 aliphatic rings. The van der Waals surface area contributed by atoms with Crippen LogP contribution in [-0.4, -0.2) is 40.9 Å². The fourth-order valence-electron chi connectivity index (χ4n) is 3.92. The number of hydrogen-bond acceptors (Lipinski definition) is 6. The van der Waals surface area contributed by atoms with E-state index in [4.69, 9.17) is 15.2 Å². The van der Waals surface area contributed by atoms with Crippen LogP contribution in [0.5, 0.6) is 5.88 Å². The highest BCUT2D eigenvalue weighted by molar-refractivity contribution is 5.68. The molecule has 0 aromatic carbocycles. The Morgan fingerprint density at radius 1 is 1.46 bits per heavy atom. The molecule has 3 N–H and O–H groups in total. The molecule has 1 amide bonds. The second kappa shape index (κ2) is 7.28. The first-order valence-corrected chi connectivity index (χ1v) is 9.15. The van der Waals surface area contributed by atoms with Crippen LogP contribution in [0.25, 0.3) is 0 Å². The predicted molar refractivity (Wildman–Crippen MR) is 94.2 cm³/mol. The number of aromatic amines is 1. The Bertz CT molecular complexity index is 753. The Morgan fingerprint density at radius 2 is 2.19 bits per heavy atom. The van der Waals surface area contributed by atoms with Gasteiger partial charge in [-0.2, -0.15) is 5.26 Å². The van der Waals surface area contributed by atoms with Gasteiger partial charge in [0.25, 0.3) is 0 Å². The third-order valence-electron chi connectivity index (χ3n) is 5.25. The Kier molecular flexibility index (Phi) is 5.07. The highest BCUT2D eigenvalue weighted by atomic mass is 16.6. The van der Waals surface area contributed by atoms with Crippen LogP contribution < -0.4 is 10.5 Å². The summed E-state index contributed by atoms with van der Waals surface area (Å²) < 4.78 is 10.7. The number of carbonyl (C=O) groups is 1. The first-order valence-electron chi connectivity index (χ1n) is 9.15. The zero-order valence-electron chi connectivity index (χ0n) is 15.3.